The molecule has 0 bridgehead atoms. The molecule has 18 heavy (non-hydrogen) atoms. The minimum Gasteiger partial charge on any atom is -0.462 e. The molecule has 0 spiro atoms. The number of hydrogen-bond acceptors (Lipinski definition) is 3. The molecule has 5 nitrogen and oxygen atoms in total. The van der Waals surface area contributed by atoms with Crippen LogP contribution >= 0.6 is 0 Å². The van der Waals surface area contributed by atoms with Gasteiger partial charge in [-0.05, 0) is 25.0 Å². The standard InChI is InChI=1S/C13H19N3O2/c1-15-13(14)16-9-5-6-10-18-12(17)11-7-3-2-4-8-11/h2-4,7-8H,5-6,9-10H2,1H3,(H3,14,15,16). The summed E-state index contributed by atoms with van der Waals surface area (Å²) in [5.41, 5.74) is 0.576. The first kappa shape index (κ1) is 14.0. The van der Waals surface area contributed by atoms with Crippen molar-refractivity contribution in [2.24, 2.45) is 0 Å². The zero-order valence-electron chi connectivity index (χ0n) is 10.5. The fraction of sp³-hybridized carbons (Fsp3) is 0.385. The van der Waals surface area contributed by atoms with E-state index in [4.69, 9.17) is 10.1 Å². The molecule has 0 atom stereocenters. The molecule has 5 heteroatoms. The SMILES string of the molecule is CNC(=N)NCCCCOC(=O)c1ccccc1. The first-order chi connectivity index (χ1) is 8.74. The minimum absolute atomic E-state index is 0.286. The fourth-order valence-corrected chi connectivity index (χ4v) is 1.35. The van der Waals surface area contributed by atoms with Gasteiger partial charge in [0, 0.05) is 13.6 Å². The molecule has 1 aromatic rings. The van der Waals surface area contributed by atoms with Crippen LogP contribution in [0, 0.1) is 5.41 Å². The van der Waals surface area contributed by atoms with Crippen LogP contribution in [0.3, 0.4) is 0 Å². The van der Waals surface area contributed by atoms with E-state index in [0.29, 0.717) is 24.7 Å². The summed E-state index contributed by atoms with van der Waals surface area (Å²) >= 11 is 0. The van der Waals surface area contributed by atoms with Gasteiger partial charge in [-0.25, -0.2) is 4.79 Å². The molecule has 3 N–H and O–H groups in total. The molecule has 0 unspecified atom stereocenters. The Labute approximate surface area is 107 Å². The van der Waals surface area contributed by atoms with Gasteiger partial charge in [-0.2, -0.15) is 0 Å². The Balaban J connectivity index is 2.08. The highest BCUT2D eigenvalue weighted by Crippen LogP contribution is 2.01. The summed E-state index contributed by atoms with van der Waals surface area (Å²) < 4.78 is 5.13. The molecule has 0 heterocycles. The van der Waals surface area contributed by atoms with E-state index in [2.05, 4.69) is 10.6 Å². The second-order valence-electron chi connectivity index (χ2n) is 3.76. The number of carbonyl (C=O) groups is 1. The quantitative estimate of drug-likeness (QED) is 0.308. The van der Waals surface area contributed by atoms with Crippen LogP contribution in [-0.4, -0.2) is 32.1 Å². The molecule has 0 aliphatic carbocycles. The molecule has 0 aliphatic heterocycles. The highest BCUT2D eigenvalue weighted by molar-refractivity contribution is 5.89. The Kier molecular flexibility index (Phi) is 6.32. The Morgan fingerprint density at radius 2 is 2.00 bits per heavy atom. The van der Waals surface area contributed by atoms with Crippen molar-refractivity contribution < 1.29 is 9.53 Å². The summed E-state index contributed by atoms with van der Waals surface area (Å²) in [7, 11) is 1.69. The van der Waals surface area contributed by atoms with E-state index >= 15 is 0 Å². The van der Waals surface area contributed by atoms with Crippen molar-refractivity contribution in [3.63, 3.8) is 0 Å². The van der Waals surface area contributed by atoms with Crippen LogP contribution in [0.4, 0.5) is 0 Å². The van der Waals surface area contributed by atoms with Gasteiger partial charge in [-0.15, -0.1) is 0 Å². The number of nitrogens with one attached hydrogen (secondary N) is 3. The van der Waals surface area contributed by atoms with Gasteiger partial charge in [0.25, 0.3) is 0 Å². The highest BCUT2D eigenvalue weighted by atomic mass is 16.5. The lowest BCUT2D eigenvalue weighted by Crippen LogP contribution is -2.34. The molecule has 98 valence electrons. The van der Waals surface area contributed by atoms with E-state index in [0.717, 1.165) is 12.8 Å². The van der Waals surface area contributed by atoms with Gasteiger partial charge in [0.15, 0.2) is 5.96 Å². The summed E-state index contributed by atoms with van der Waals surface area (Å²) in [5.74, 6) is 0.0165. The van der Waals surface area contributed by atoms with Crippen molar-refractivity contribution in [3.05, 3.63) is 35.9 Å². The maximum atomic E-state index is 11.5. The van der Waals surface area contributed by atoms with Gasteiger partial charge >= 0.3 is 5.97 Å². The number of rotatable bonds is 6. The maximum Gasteiger partial charge on any atom is 0.338 e. The van der Waals surface area contributed by atoms with Crippen LogP contribution in [0.5, 0.6) is 0 Å². The van der Waals surface area contributed by atoms with Gasteiger partial charge in [0.05, 0.1) is 12.2 Å². The molecule has 1 rings (SSSR count). The average molecular weight is 249 g/mol. The molecular formula is C13H19N3O2. The first-order valence-electron chi connectivity index (χ1n) is 5.96. The number of carbonyl (C=O) groups excluding carboxylic acids is 1. The molecule has 0 radical (unpaired) electrons. The molecule has 0 fully saturated rings. The van der Waals surface area contributed by atoms with E-state index < -0.39 is 0 Å². The molecule has 1 aromatic carbocycles. The van der Waals surface area contributed by atoms with Crippen molar-refractivity contribution >= 4 is 11.9 Å². The van der Waals surface area contributed by atoms with E-state index in [9.17, 15) is 4.79 Å². The predicted molar refractivity (Wildman–Crippen MR) is 70.7 cm³/mol. The molecule has 0 aliphatic rings. The molecular weight excluding hydrogens is 230 g/mol. The Morgan fingerprint density at radius 3 is 2.67 bits per heavy atom. The third-order valence-corrected chi connectivity index (χ3v) is 2.37. The van der Waals surface area contributed by atoms with Crippen LogP contribution in [0.2, 0.25) is 0 Å². The third-order valence-electron chi connectivity index (χ3n) is 2.37. The van der Waals surface area contributed by atoms with E-state index in [1.807, 2.05) is 18.2 Å². The van der Waals surface area contributed by atoms with Gasteiger partial charge in [0.2, 0.25) is 0 Å². The van der Waals surface area contributed by atoms with E-state index in [1.54, 1.807) is 19.2 Å². The summed E-state index contributed by atoms with van der Waals surface area (Å²) in [6, 6.07) is 8.95. The van der Waals surface area contributed by atoms with Crippen LogP contribution < -0.4 is 10.6 Å². The zero-order chi connectivity index (χ0) is 13.2. The number of benzene rings is 1. The Bertz CT molecular complexity index is 379. The number of esters is 1. The van der Waals surface area contributed by atoms with Gasteiger partial charge in [-0.3, -0.25) is 5.41 Å². The second kappa shape index (κ2) is 8.11. The lowest BCUT2D eigenvalue weighted by Gasteiger charge is -2.07. The van der Waals surface area contributed by atoms with Crippen LogP contribution in [-0.2, 0) is 4.74 Å². The zero-order valence-corrected chi connectivity index (χ0v) is 10.5. The summed E-state index contributed by atoms with van der Waals surface area (Å²) in [5, 5.41) is 12.9. The van der Waals surface area contributed by atoms with E-state index in [-0.39, 0.29) is 5.97 Å². The van der Waals surface area contributed by atoms with Crippen LogP contribution in [0.25, 0.3) is 0 Å². The number of ether oxygens (including phenoxy) is 1. The lowest BCUT2D eigenvalue weighted by atomic mass is 10.2. The number of hydrogen-bond donors (Lipinski definition) is 3. The van der Waals surface area contributed by atoms with Crippen molar-refractivity contribution in [3.8, 4) is 0 Å². The van der Waals surface area contributed by atoms with Gasteiger partial charge < -0.3 is 15.4 Å². The van der Waals surface area contributed by atoms with E-state index in [1.165, 1.54) is 0 Å². The molecule has 0 saturated carbocycles. The fourth-order valence-electron chi connectivity index (χ4n) is 1.35. The average Bonchev–Trinajstić information content (AvgIpc) is 2.43. The van der Waals surface area contributed by atoms with Gasteiger partial charge in [-0.1, -0.05) is 18.2 Å². The van der Waals surface area contributed by atoms with Gasteiger partial charge in [0.1, 0.15) is 0 Å². The molecule has 0 aromatic heterocycles. The van der Waals surface area contributed by atoms with Crippen molar-refractivity contribution in [2.75, 3.05) is 20.2 Å². The first-order valence-corrected chi connectivity index (χ1v) is 5.96. The second-order valence-corrected chi connectivity index (χ2v) is 3.76. The van der Waals surface area contributed by atoms with Crippen LogP contribution in [0.1, 0.15) is 23.2 Å². The predicted octanol–water partition coefficient (Wildman–Crippen LogP) is 1.37. The monoisotopic (exact) mass is 249 g/mol. The topological polar surface area (TPSA) is 74.2 Å². The molecule has 0 saturated heterocycles. The minimum atomic E-state index is -0.286. The highest BCUT2D eigenvalue weighted by Gasteiger charge is 2.04. The number of unbranched alkanes of at least 4 members (excludes halogenated alkanes) is 1. The van der Waals surface area contributed by atoms with Crippen molar-refractivity contribution in [2.45, 2.75) is 12.8 Å². The summed E-state index contributed by atoms with van der Waals surface area (Å²) in [6.07, 6.45) is 1.63. The smallest absolute Gasteiger partial charge is 0.338 e. The largest absolute Gasteiger partial charge is 0.462 e. The Hall–Kier alpha value is -2.04. The molecule has 0 amide bonds. The van der Waals surface area contributed by atoms with Crippen LogP contribution in [0.15, 0.2) is 30.3 Å². The van der Waals surface area contributed by atoms with Crippen molar-refractivity contribution in [1.29, 1.82) is 5.41 Å². The Morgan fingerprint density at radius 1 is 1.28 bits per heavy atom. The lowest BCUT2D eigenvalue weighted by molar-refractivity contribution is 0.0498. The number of guanidine groups is 1. The third kappa shape index (κ3) is 5.34. The van der Waals surface area contributed by atoms with Crippen molar-refractivity contribution in [1.82, 2.24) is 10.6 Å². The summed E-state index contributed by atoms with van der Waals surface area (Å²) in [6.45, 7) is 1.10. The summed E-state index contributed by atoms with van der Waals surface area (Å²) in [4.78, 5) is 11.5. The normalized spacial score (nSPS) is 9.61. The maximum absolute atomic E-state index is 11.5.